The third kappa shape index (κ3) is 3.73. The van der Waals surface area contributed by atoms with Gasteiger partial charge in [0, 0.05) is 43.5 Å². The smallest absolute Gasteiger partial charge is 0.328 e. The fraction of sp³-hybridized carbons (Fsp3) is 0.318. The highest BCUT2D eigenvalue weighted by Crippen LogP contribution is 2.23. The van der Waals surface area contributed by atoms with Crippen molar-refractivity contribution in [2.75, 3.05) is 18.4 Å². The predicted molar refractivity (Wildman–Crippen MR) is 117 cm³/mol. The fourth-order valence-corrected chi connectivity index (χ4v) is 4.11. The molecule has 0 spiro atoms. The van der Waals surface area contributed by atoms with Gasteiger partial charge in [-0.05, 0) is 55.3 Å². The molecule has 1 atom stereocenters. The Morgan fingerprint density at radius 3 is 2.47 bits per heavy atom. The number of halogens is 1. The van der Waals surface area contributed by atoms with Gasteiger partial charge in [-0.3, -0.25) is 18.7 Å². The SMILES string of the molecule is Cn1c(=O)n(C)c2cc(NC(=O)C3CCCN(C(=O)c4ccc(Cl)cc4)C3)ccc21. The summed E-state index contributed by atoms with van der Waals surface area (Å²) in [5, 5.41) is 3.53. The zero-order valence-corrected chi connectivity index (χ0v) is 17.6. The number of benzene rings is 2. The number of carbonyl (C=O) groups excluding carboxylic acids is 2. The molecule has 1 aliphatic heterocycles. The van der Waals surface area contributed by atoms with Gasteiger partial charge in [0.1, 0.15) is 0 Å². The summed E-state index contributed by atoms with van der Waals surface area (Å²) < 4.78 is 3.13. The standard InChI is InChI=1S/C22H23ClN4O3/c1-25-18-10-9-17(12-19(18)26(2)22(25)30)24-20(28)15-4-3-11-27(13-15)21(29)14-5-7-16(23)8-6-14/h5-10,12,15H,3-4,11,13H2,1-2H3,(H,24,28). The molecule has 0 bridgehead atoms. The molecule has 7 nitrogen and oxygen atoms in total. The van der Waals surface area contributed by atoms with Crippen molar-refractivity contribution in [1.29, 1.82) is 0 Å². The first-order valence-electron chi connectivity index (χ1n) is 9.86. The Morgan fingerprint density at radius 1 is 1.03 bits per heavy atom. The molecular weight excluding hydrogens is 404 g/mol. The highest BCUT2D eigenvalue weighted by atomic mass is 35.5. The second kappa shape index (κ2) is 7.99. The highest BCUT2D eigenvalue weighted by molar-refractivity contribution is 6.30. The van der Waals surface area contributed by atoms with Gasteiger partial charge in [-0.2, -0.15) is 0 Å². The van der Waals surface area contributed by atoms with Crippen LogP contribution in [0.25, 0.3) is 11.0 Å². The molecule has 3 aromatic rings. The number of anilines is 1. The normalized spacial score (nSPS) is 16.6. The van der Waals surface area contributed by atoms with Gasteiger partial charge in [-0.25, -0.2) is 4.79 Å². The summed E-state index contributed by atoms with van der Waals surface area (Å²) in [7, 11) is 3.43. The summed E-state index contributed by atoms with van der Waals surface area (Å²) in [6.07, 6.45) is 1.49. The quantitative estimate of drug-likeness (QED) is 0.699. The number of hydrogen-bond donors (Lipinski definition) is 1. The molecule has 1 aliphatic rings. The highest BCUT2D eigenvalue weighted by Gasteiger charge is 2.29. The average molecular weight is 427 g/mol. The first-order chi connectivity index (χ1) is 14.3. The molecular formula is C22H23ClN4O3. The van der Waals surface area contributed by atoms with Crippen LogP contribution in [0.3, 0.4) is 0 Å². The molecule has 0 aliphatic carbocycles. The van der Waals surface area contributed by atoms with Crippen molar-refractivity contribution < 1.29 is 9.59 Å². The topological polar surface area (TPSA) is 76.3 Å². The van der Waals surface area contributed by atoms with Crippen molar-refractivity contribution >= 4 is 40.1 Å². The van der Waals surface area contributed by atoms with Gasteiger partial charge in [-0.15, -0.1) is 0 Å². The summed E-state index contributed by atoms with van der Waals surface area (Å²) in [6, 6.07) is 12.2. The van der Waals surface area contributed by atoms with Gasteiger partial charge in [0.25, 0.3) is 5.91 Å². The number of likely N-dealkylation sites (tertiary alicyclic amines) is 1. The molecule has 1 fully saturated rings. The van der Waals surface area contributed by atoms with E-state index in [0.717, 1.165) is 23.9 Å². The Bertz CT molecular complexity index is 1180. The Morgan fingerprint density at radius 2 is 1.73 bits per heavy atom. The van der Waals surface area contributed by atoms with Crippen LogP contribution in [0, 0.1) is 5.92 Å². The Hall–Kier alpha value is -3.06. The second-order valence-electron chi connectivity index (χ2n) is 7.69. The molecule has 4 rings (SSSR count). The molecule has 0 saturated carbocycles. The van der Waals surface area contributed by atoms with Gasteiger partial charge in [0.15, 0.2) is 0 Å². The number of piperidine rings is 1. The lowest BCUT2D eigenvalue weighted by Gasteiger charge is -2.32. The third-order valence-corrected chi connectivity index (χ3v) is 5.96. The van der Waals surface area contributed by atoms with Crippen molar-refractivity contribution in [2.24, 2.45) is 20.0 Å². The molecule has 2 amide bonds. The number of imidazole rings is 1. The third-order valence-electron chi connectivity index (χ3n) is 5.71. The maximum absolute atomic E-state index is 12.9. The molecule has 1 unspecified atom stereocenters. The lowest BCUT2D eigenvalue weighted by atomic mass is 9.96. The Balaban J connectivity index is 1.47. The summed E-state index contributed by atoms with van der Waals surface area (Å²) in [4.78, 5) is 39.5. The molecule has 1 saturated heterocycles. The summed E-state index contributed by atoms with van der Waals surface area (Å²) >= 11 is 5.90. The van der Waals surface area contributed by atoms with Crippen LogP contribution in [0.1, 0.15) is 23.2 Å². The first-order valence-corrected chi connectivity index (χ1v) is 10.2. The van der Waals surface area contributed by atoms with E-state index in [-0.39, 0.29) is 23.4 Å². The minimum Gasteiger partial charge on any atom is -0.338 e. The number of nitrogens with zero attached hydrogens (tertiary/aromatic N) is 3. The van der Waals surface area contributed by atoms with Gasteiger partial charge >= 0.3 is 5.69 Å². The van der Waals surface area contributed by atoms with Crippen molar-refractivity contribution in [3.05, 3.63) is 63.5 Å². The number of nitrogens with one attached hydrogen (secondary N) is 1. The molecule has 1 aromatic heterocycles. The van der Waals surface area contributed by atoms with E-state index in [9.17, 15) is 14.4 Å². The van der Waals surface area contributed by atoms with Crippen LogP contribution in [0.4, 0.5) is 5.69 Å². The summed E-state index contributed by atoms with van der Waals surface area (Å²) in [5.74, 6) is -0.501. The number of hydrogen-bond acceptors (Lipinski definition) is 3. The van der Waals surface area contributed by atoms with E-state index in [4.69, 9.17) is 11.6 Å². The van der Waals surface area contributed by atoms with Gasteiger partial charge in [0.05, 0.1) is 17.0 Å². The average Bonchev–Trinajstić information content (AvgIpc) is 2.97. The monoisotopic (exact) mass is 426 g/mol. The fourth-order valence-electron chi connectivity index (χ4n) is 3.98. The minimum absolute atomic E-state index is 0.0927. The predicted octanol–water partition coefficient (Wildman–Crippen LogP) is 3.02. The molecule has 2 aromatic carbocycles. The van der Waals surface area contributed by atoms with E-state index in [1.807, 2.05) is 6.07 Å². The molecule has 1 N–H and O–H groups in total. The largest absolute Gasteiger partial charge is 0.338 e. The van der Waals surface area contributed by atoms with Gasteiger partial charge in [-0.1, -0.05) is 11.6 Å². The lowest BCUT2D eigenvalue weighted by Crippen LogP contribution is -2.43. The number of carbonyl (C=O) groups is 2. The maximum atomic E-state index is 12.9. The zero-order valence-electron chi connectivity index (χ0n) is 16.9. The van der Waals surface area contributed by atoms with Crippen LogP contribution in [-0.4, -0.2) is 38.9 Å². The Labute approximate surface area is 178 Å². The van der Waals surface area contributed by atoms with Crippen molar-refractivity contribution in [2.45, 2.75) is 12.8 Å². The molecule has 156 valence electrons. The van der Waals surface area contributed by atoms with Crippen LogP contribution in [0.15, 0.2) is 47.3 Å². The van der Waals surface area contributed by atoms with Crippen LogP contribution < -0.4 is 11.0 Å². The second-order valence-corrected chi connectivity index (χ2v) is 8.13. The van der Waals surface area contributed by atoms with E-state index in [2.05, 4.69) is 5.32 Å². The summed E-state index contributed by atoms with van der Waals surface area (Å²) in [5.41, 5.74) is 2.64. The zero-order chi connectivity index (χ0) is 21.4. The number of aryl methyl sites for hydroxylation is 2. The Kier molecular flexibility index (Phi) is 5.39. The molecule has 0 radical (unpaired) electrons. The minimum atomic E-state index is -0.287. The molecule has 30 heavy (non-hydrogen) atoms. The first kappa shape index (κ1) is 20.2. The summed E-state index contributed by atoms with van der Waals surface area (Å²) in [6.45, 7) is 1.00. The van der Waals surface area contributed by atoms with Crippen molar-refractivity contribution in [3.63, 3.8) is 0 Å². The lowest BCUT2D eigenvalue weighted by molar-refractivity contribution is -0.121. The van der Waals surface area contributed by atoms with Crippen LogP contribution >= 0.6 is 11.6 Å². The van der Waals surface area contributed by atoms with E-state index in [1.54, 1.807) is 64.5 Å². The van der Waals surface area contributed by atoms with Gasteiger partial charge < -0.3 is 10.2 Å². The van der Waals surface area contributed by atoms with E-state index in [1.165, 1.54) is 0 Å². The van der Waals surface area contributed by atoms with Crippen LogP contribution in [-0.2, 0) is 18.9 Å². The van der Waals surface area contributed by atoms with Gasteiger partial charge in [0.2, 0.25) is 5.91 Å². The number of fused-ring (bicyclic) bond motifs is 1. The van der Waals surface area contributed by atoms with Crippen molar-refractivity contribution in [3.8, 4) is 0 Å². The van der Waals surface area contributed by atoms with E-state index in [0.29, 0.717) is 29.4 Å². The van der Waals surface area contributed by atoms with E-state index < -0.39 is 0 Å². The number of amides is 2. The maximum Gasteiger partial charge on any atom is 0.328 e. The number of aromatic nitrogens is 2. The van der Waals surface area contributed by atoms with E-state index >= 15 is 0 Å². The van der Waals surface area contributed by atoms with Crippen LogP contribution in [0.2, 0.25) is 5.02 Å². The molecule has 2 heterocycles. The molecule has 8 heteroatoms. The van der Waals surface area contributed by atoms with Crippen LogP contribution in [0.5, 0.6) is 0 Å². The number of rotatable bonds is 3. The van der Waals surface area contributed by atoms with Crippen molar-refractivity contribution in [1.82, 2.24) is 14.0 Å².